The number of carbonyl (C=O) groups is 1. The van der Waals surface area contributed by atoms with Gasteiger partial charge >= 0.3 is 0 Å². The molecule has 16 heavy (non-hydrogen) atoms. The summed E-state index contributed by atoms with van der Waals surface area (Å²) in [5.41, 5.74) is 2.16. The predicted molar refractivity (Wildman–Crippen MR) is 61.6 cm³/mol. The number of carbonyl (C=O) groups excluding carboxylic acids is 1. The van der Waals surface area contributed by atoms with Gasteiger partial charge in [0.25, 0.3) is 0 Å². The summed E-state index contributed by atoms with van der Waals surface area (Å²) in [5, 5.41) is 0. The average molecular weight is 214 g/mol. The van der Waals surface area contributed by atoms with Crippen LogP contribution in [0.5, 0.6) is 0 Å². The van der Waals surface area contributed by atoms with Gasteiger partial charge in [0.15, 0.2) is 0 Å². The Morgan fingerprint density at radius 2 is 2.31 bits per heavy atom. The van der Waals surface area contributed by atoms with Gasteiger partial charge in [0.05, 0.1) is 11.7 Å². The minimum atomic E-state index is 0.197. The van der Waals surface area contributed by atoms with Crippen LogP contribution in [-0.4, -0.2) is 15.2 Å². The van der Waals surface area contributed by atoms with E-state index in [0.717, 1.165) is 17.0 Å². The van der Waals surface area contributed by atoms with Crippen molar-refractivity contribution in [1.82, 2.24) is 9.38 Å². The Balaban J connectivity index is 2.17. The summed E-state index contributed by atoms with van der Waals surface area (Å²) >= 11 is 0. The van der Waals surface area contributed by atoms with Crippen LogP contribution in [-0.2, 0) is 11.2 Å². The Kier molecular flexibility index (Phi) is 2.06. The van der Waals surface area contributed by atoms with Crippen LogP contribution in [0.3, 0.4) is 0 Å². The second-order valence-corrected chi connectivity index (χ2v) is 4.55. The number of fused-ring (bicyclic) bond motifs is 1. The molecule has 0 N–H and O–H groups in total. The summed E-state index contributed by atoms with van der Waals surface area (Å²) in [6.45, 7) is 1.63. The lowest BCUT2D eigenvalue weighted by Crippen LogP contribution is -2.05. The van der Waals surface area contributed by atoms with Crippen LogP contribution >= 0.6 is 0 Å². The van der Waals surface area contributed by atoms with Gasteiger partial charge in [0.1, 0.15) is 11.6 Å². The molecule has 2 heterocycles. The molecular formula is C13H14N2O. The molecule has 3 rings (SSSR count). The van der Waals surface area contributed by atoms with Crippen LogP contribution in [0.2, 0.25) is 0 Å². The topological polar surface area (TPSA) is 34.4 Å². The molecule has 0 spiro atoms. The van der Waals surface area contributed by atoms with Crippen molar-refractivity contribution < 1.29 is 4.79 Å². The first kappa shape index (κ1) is 9.58. The molecule has 1 aliphatic carbocycles. The summed E-state index contributed by atoms with van der Waals surface area (Å²) in [6.07, 6.45) is 4.85. The summed E-state index contributed by atoms with van der Waals surface area (Å²) in [5.74, 6) is 1.94. The molecule has 0 amide bonds. The third kappa shape index (κ3) is 1.52. The van der Waals surface area contributed by atoms with Crippen molar-refractivity contribution in [3.8, 4) is 0 Å². The third-order valence-electron chi connectivity index (χ3n) is 3.03. The Morgan fingerprint density at radius 3 is 3.00 bits per heavy atom. The van der Waals surface area contributed by atoms with E-state index in [1.807, 2.05) is 24.4 Å². The second kappa shape index (κ2) is 3.44. The highest BCUT2D eigenvalue weighted by Crippen LogP contribution is 2.39. The van der Waals surface area contributed by atoms with Crippen molar-refractivity contribution in [2.75, 3.05) is 0 Å². The first-order chi connectivity index (χ1) is 7.75. The quantitative estimate of drug-likeness (QED) is 0.786. The number of hydrogen-bond donors (Lipinski definition) is 0. The highest BCUT2D eigenvalue weighted by Gasteiger charge is 2.28. The molecule has 0 radical (unpaired) electrons. The summed E-state index contributed by atoms with van der Waals surface area (Å²) in [7, 11) is 0. The number of aromatic nitrogens is 2. The maximum atomic E-state index is 11.2. The molecule has 2 aromatic heterocycles. The summed E-state index contributed by atoms with van der Waals surface area (Å²) in [4.78, 5) is 15.7. The van der Waals surface area contributed by atoms with Crippen LogP contribution in [0.15, 0.2) is 24.4 Å². The molecular weight excluding hydrogens is 200 g/mol. The standard InChI is InChI=1S/C13H14N2O/c1-9(16)7-11-3-2-4-12-8-14-13(15(11)12)10-5-6-10/h2-4,8,10H,5-7H2,1H3. The van der Waals surface area contributed by atoms with Crippen LogP contribution in [0.1, 0.15) is 37.2 Å². The van der Waals surface area contributed by atoms with E-state index in [0.29, 0.717) is 12.3 Å². The number of pyridine rings is 1. The predicted octanol–water partition coefficient (Wildman–Crippen LogP) is 2.34. The third-order valence-corrected chi connectivity index (χ3v) is 3.03. The molecule has 2 aromatic rings. The highest BCUT2D eigenvalue weighted by molar-refractivity contribution is 5.78. The van der Waals surface area contributed by atoms with Gasteiger partial charge in [-0.15, -0.1) is 0 Å². The van der Waals surface area contributed by atoms with Gasteiger partial charge in [-0.1, -0.05) is 6.07 Å². The number of Topliss-reactive ketones (excluding diaryl/α,β-unsaturated/α-hetero) is 1. The monoisotopic (exact) mass is 214 g/mol. The number of hydrogen-bond acceptors (Lipinski definition) is 2. The van der Waals surface area contributed by atoms with Gasteiger partial charge in [-0.05, 0) is 31.9 Å². The minimum Gasteiger partial charge on any atom is -0.300 e. The zero-order chi connectivity index (χ0) is 11.1. The molecule has 1 aliphatic rings. The van der Waals surface area contributed by atoms with E-state index in [4.69, 9.17) is 0 Å². The molecule has 0 unspecified atom stereocenters. The Labute approximate surface area is 94.1 Å². The van der Waals surface area contributed by atoms with E-state index in [1.54, 1.807) is 6.92 Å². The molecule has 0 bridgehead atoms. The maximum Gasteiger partial charge on any atom is 0.135 e. The van der Waals surface area contributed by atoms with Crippen LogP contribution in [0.25, 0.3) is 5.52 Å². The summed E-state index contributed by atoms with van der Waals surface area (Å²) in [6, 6.07) is 6.05. The molecule has 3 nitrogen and oxygen atoms in total. The lowest BCUT2D eigenvalue weighted by atomic mass is 10.2. The fourth-order valence-electron chi connectivity index (χ4n) is 2.17. The Bertz CT molecular complexity index is 552. The first-order valence-electron chi connectivity index (χ1n) is 5.70. The van der Waals surface area contributed by atoms with Crippen molar-refractivity contribution in [2.45, 2.75) is 32.1 Å². The lowest BCUT2D eigenvalue weighted by molar-refractivity contribution is -0.116. The van der Waals surface area contributed by atoms with Crippen molar-refractivity contribution in [3.05, 3.63) is 35.9 Å². The van der Waals surface area contributed by atoms with Crippen molar-refractivity contribution in [2.24, 2.45) is 0 Å². The first-order valence-corrected chi connectivity index (χ1v) is 5.70. The molecule has 82 valence electrons. The molecule has 0 aliphatic heterocycles. The Hall–Kier alpha value is -1.64. The number of rotatable bonds is 3. The zero-order valence-electron chi connectivity index (χ0n) is 9.31. The molecule has 3 heteroatoms. The Morgan fingerprint density at radius 1 is 1.50 bits per heavy atom. The molecule has 0 aromatic carbocycles. The molecule has 1 fully saturated rings. The zero-order valence-corrected chi connectivity index (χ0v) is 9.31. The average Bonchev–Trinajstić information content (AvgIpc) is 2.98. The van der Waals surface area contributed by atoms with Gasteiger partial charge in [-0.2, -0.15) is 0 Å². The molecule has 0 atom stereocenters. The largest absolute Gasteiger partial charge is 0.300 e. The fourth-order valence-corrected chi connectivity index (χ4v) is 2.17. The smallest absolute Gasteiger partial charge is 0.135 e. The van der Waals surface area contributed by atoms with Gasteiger partial charge < -0.3 is 4.40 Å². The van der Waals surface area contributed by atoms with E-state index in [1.165, 1.54) is 12.8 Å². The number of imidazole rings is 1. The van der Waals surface area contributed by atoms with Gasteiger partial charge in [0, 0.05) is 18.0 Å². The van der Waals surface area contributed by atoms with Gasteiger partial charge in [-0.3, -0.25) is 4.79 Å². The van der Waals surface area contributed by atoms with Crippen LogP contribution < -0.4 is 0 Å². The van der Waals surface area contributed by atoms with E-state index >= 15 is 0 Å². The van der Waals surface area contributed by atoms with E-state index in [9.17, 15) is 4.79 Å². The van der Waals surface area contributed by atoms with E-state index < -0.39 is 0 Å². The van der Waals surface area contributed by atoms with Crippen molar-refractivity contribution in [3.63, 3.8) is 0 Å². The SMILES string of the molecule is CC(=O)Cc1cccc2cnc(C3CC3)n12. The number of ketones is 1. The van der Waals surface area contributed by atoms with Crippen LogP contribution in [0.4, 0.5) is 0 Å². The lowest BCUT2D eigenvalue weighted by Gasteiger charge is -2.06. The normalized spacial score (nSPS) is 15.6. The molecule has 1 saturated carbocycles. The van der Waals surface area contributed by atoms with Crippen LogP contribution in [0, 0.1) is 0 Å². The van der Waals surface area contributed by atoms with Crippen molar-refractivity contribution in [1.29, 1.82) is 0 Å². The maximum absolute atomic E-state index is 11.2. The number of nitrogens with zero attached hydrogens (tertiary/aromatic N) is 2. The fraction of sp³-hybridized carbons (Fsp3) is 0.385. The van der Waals surface area contributed by atoms with E-state index in [-0.39, 0.29) is 5.78 Å². The van der Waals surface area contributed by atoms with E-state index in [2.05, 4.69) is 9.38 Å². The second-order valence-electron chi connectivity index (χ2n) is 4.55. The van der Waals surface area contributed by atoms with Gasteiger partial charge in [-0.25, -0.2) is 4.98 Å². The molecule has 0 saturated heterocycles. The van der Waals surface area contributed by atoms with Crippen molar-refractivity contribution >= 4 is 11.3 Å². The highest BCUT2D eigenvalue weighted by atomic mass is 16.1. The van der Waals surface area contributed by atoms with Gasteiger partial charge in [0.2, 0.25) is 0 Å². The summed E-state index contributed by atoms with van der Waals surface area (Å²) < 4.78 is 2.15. The minimum absolute atomic E-state index is 0.197.